The van der Waals surface area contributed by atoms with Crippen LogP contribution < -0.4 is 5.32 Å². The van der Waals surface area contributed by atoms with E-state index in [-0.39, 0.29) is 0 Å². The molecule has 1 aliphatic carbocycles. The van der Waals surface area contributed by atoms with Gasteiger partial charge in [0.1, 0.15) is 9.84 Å². The minimum atomic E-state index is -2.77. The Morgan fingerprint density at radius 2 is 2.07 bits per heavy atom. The summed E-state index contributed by atoms with van der Waals surface area (Å²) < 4.78 is 21.9. The summed E-state index contributed by atoms with van der Waals surface area (Å²) in [5.74, 6) is 0.986. The quantitative estimate of drug-likeness (QED) is 0.692. The fraction of sp³-hybridized carbons (Fsp3) is 1.00. The summed E-state index contributed by atoms with van der Waals surface area (Å²) in [5, 5.41) is 3.51. The van der Waals surface area contributed by atoms with Crippen LogP contribution >= 0.6 is 0 Å². The topological polar surface area (TPSA) is 46.2 Å². The summed E-state index contributed by atoms with van der Waals surface area (Å²) in [6.07, 6.45) is 6.94. The average molecular weight is 233 g/mol. The van der Waals surface area contributed by atoms with Crippen molar-refractivity contribution < 1.29 is 8.42 Å². The molecule has 1 unspecified atom stereocenters. The second kappa shape index (κ2) is 5.85. The molecule has 0 aromatic rings. The van der Waals surface area contributed by atoms with Gasteiger partial charge < -0.3 is 5.32 Å². The van der Waals surface area contributed by atoms with Crippen molar-refractivity contribution in [3.05, 3.63) is 0 Å². The van der Waals surface area contributed by atoms with E-state index in [0.717, 1.165) is 31.8 Å². The number of nitrogens with one attached hydrogen (secondary N) is 1. The molecular formula is C11H23NO2S. The van der Waals surface area contributed by atoms with Crippen LogP contribution in [0.25, 0.3) is 0 Å². The first-order valence-electron chi connectivity index (χ1n) is 5.92. The Bertz CT molecular complexity index is 270. The molecule has 0 aromatic heterocycles. The Balaban J connectivity index is 2.09. The van der Waals surface area contributed by atoms with Crippen LogP contribution in [0, 0.1) is 5.92 Å². The molecule has 0 radical (unpaired) electrons. The molecule has 0 heterocycles. The van der Waals surface area contributed by atoms with E-state index in [1.165, 1.54) is 19.1 Å². The molecule has 1 N–H and O–H groups in total. The van der Waals surface area contributed by atoms with Crippen LogP contribution in [0.2, 0.25) is 0 Å². The van der Waals surface area contributed by atoms with Gasteiger partial charge in [-0.25, -0.2) is 8.42 Å². The Morgan fingerprint density at radius 1 is 1.40 bits per heavy atom. The maximum atomic E-state index is 11.0. The Hall–Kier alpha value is -0.0900. The highest BCUT2D eigenvalue weighted by molar-refractivity contribution is 7.90. The van der Waals surface area contributed by atoms with Crippen LogP contribution in [0.15, 0.2) is 0 Å². The van der Waals surface area contributed by atoms with Gasteiger partial charge >= 0.3 is 0 Å². The number of hydrogen-bond acceptors (Lipinski definition) is 3. The van der Waals surface area contributed by atoms with Crippen molar-refractivity contribution in [3.63, 3.8) is 0 Å². The highest BCUT2D eigenvalue weighted by Crippen LogP contribution is 2.20. The molecule has 0 amide bonds. The van der Waals surface area contributed by atoms with E-state index in [2.05, 4.69) is 12.2 Å². The van der Waals surface area contributed by atoms with Gasteiger partial charge in [-0.15, -0.1) is 0 Å². The van der Waals surface area contributed by atoms with Crippen molar-refractivity contribution >= 4 is 9.84 Å². The van der Waals surface area contributed by atoms with Crippen LogP contribution in [-0.2, 0) is 9.84 Å². The van der Waals surface area contributed by atoms with Gasteiger partial charge in [0.2, 0.25) is 0 Å². The van der Waals surface area contributed by atoms with Gasteiger partial charge in [0, 0.05) is 18.1 Å². The second-order valence-electron chi connectivity index (χ2n) is 4.73. The number of rotatable bonds is 8. The molecule has 1 saturated carbocycles. The lowest BCUT2D eigenvalue weighted by Gasteiger charge is -2.14. The molecule has 90 valence electrons. The molecule has 15 heavy (non-hydrogen) atoms. The Morgan fingerprint density at radius 3 is 2.53 bits per heavy atom. The maximum Gasteiger partial charge on any atom is 0.147 e. The highest BCUT2D eigenvalue weighted by Gasteiger charge is 2.21. The third-order valence-electron chi connectivity index (χ3n) is 2.98. The van der Waals surface area contributed by atoms with Gasteiger partial charge in [0.05, 0.1) is 0 Å². The third kappa shape index (κ3) is 6.90. The summed E-state index contributed by atoms with van der Waals surface area (Å²) in [4.78, 5) is 0. The first-order chi connectivity index (χ1) is 7.01. The Kier molecular flexibility index (Phi) is 5.06. The van der Waals surface area contributed by atoms with E-state index in [9.17, 15) is 8.42 Å². The monoisotopic (exact) mass is 233 g/mol. The molecule has 1 atom stereocenters. The zero-order valence-electron chi connectivity index (χ0n) is 9.83. The van der Waals surface area contributed by atoms with Gasteiger partial charge in [-0.1, -0.05) is 13.3 Å². The second-order valence-corrected chi connectivity index (χ2v) is 6.99. The SMILES string of the molecule is CCC(CCCS(C)(=O)=O)CNC1CC1. The maximum absolute atomic E-state index is 11.0. The first-order valence-corrected chi connectivity index (χ1v) is 7.98. The molecule has 0 aliphatic heterocycles. The molecular weight excluding hydrogens is 210 g/mol. The van der Waals surface area contributed by atoms with Gasteiger partial charge in [-0.2, -0.15) is 0 Å². The molecule has 4 heteroatoms. The summed E-state index contributed by atoms with van der Waals surface area (Å²) in [6.45, 7) is 3.24. The van der Waals surface area contributed by atoms with Gasteiger partial charge in [0.15, 0.2) is 0 Å². The van der Waals surface area contributed by atoms with E-state index in [0.29, 0.717) is 11.7 Å². The molecule has 0 bridgehead atoms. The van der Waals surface area contributed by atoms with Gasteiger partial charge in [0.25, 0.3) is 0 Å². The lowest BCUT2D eigenvalue weighted by Crippen LogP contribution is -2.24. The fourth-order valence-corrected chi connectivity index (χ4v) is 2.40. The van der Waals surface area contributed by atoms with Gasteiger partial charge in [-0.05, 0) is 38.1 Å². The molecule has 3 nitrogen and oxygen atoms in total. The standard InChI is InChI=1S/C11H23NO2S/c1-3-10(9-12-11-6-7-11)5-4-8-15(2,13)14/h10-12H,3-9H2,1-2H3. The highest BCUT2D eigenvalue weighted by atomic mass is 32.2. The van der Waals surface area contributed by atoms with Crippen molar-refractivity contribution in [2.45, 2.75) is 45.1 Å². The number of hydrogen-bond donors (Lipinski definition) is 1. The van der Waals surface area contributed by atoms with Crippen molar-refractivity contribution in [2.75, 3.05) is 18.6 Å². The zero-order valence-corrected chi connectivity index (χ0v) is 10.6. The van der Waals surface area contributed by atoms with Crippen LogP contribution in [0.4, 0.5) is 0 Å². The summed E-state index contributed by atoms with van der Waals surface area (Å²) in [6, 6.07) is 0.758. The van der Waals surface area contributed by atoms with Crippen molar-refractivity contribution in [1.29, 1.82) is 0 Å². The van der Waals surface area contributed by atoms with Crippen molar-refractivity contribution in [3.8, 4) is 0 Å². The normalized spacial score (nSPS) is 19.1. The van der Waals surface area contributed by atoms with E-state index < -0.39 is 9.84 Å². The lowest BCUT2D eigenvalue weighted by atomic mass is 10.0. The van der Waals surface area contributed by atoms with Crippen molar-refractivity contribution in [2.24, 2.45) is 5.92 Å². The summed E-state index contributed by atoms with van der Waals surface area (Å²) >= 11 is 0. The molecule has 1 aliphatic rings. The predicted molar refractivity (Wildman–Crippen MR) is 63.8 cm³/mol. The van der Waals surface area contributed by atoms with E-state index in [1.54, 1.807) is 0 Å². The molecule has 0 spiro atoms. The van der Waals surface area contributed by atoms with Crippen LogP contribution in [0.1, 0.15) is 39.0 Å². The summed E-state index contributed by atoms with van der Waals surface area (Å²) in [7, 11) is -2.77. The molecule has 1 fully saturated rings. The largest absolute Gasteiger partial charge is 0.314 e. The fourth-order valence-electron chi connectivity index (χ4n) is 1.71. The minimum absolute atomic E-state index is 0.340. The molecule has 1 rings (SSSR count). The van der Waals surface area contributed by atoms with Crippen LogP contribution in [0.5, 0.6) is 0 Å². The van der Waals surface area contributed by atoms with E-state index in [4.69, 9.17) is 0 Å². The predicted octanol–water partition coefficient (Wildman–Crippen LogP) is 1.59. The number of sulfone groups is 1. The van der Waals surface area contributed by atoms with E-state index in [1.807, 2.05) is 0 Å². The van der Waals surface area contributed by atoms with Gasteiger partial charge in [-0.3, -0.25) is 0 Å². The third-order valence-corrected chi connectivity index (χ3v) is 4.01. The van der Waals surface area contributed by atoms with Crippen molar-refractivity contribution in [1.82, 2.24) is 5.32 Å². The van der Waals surface area contributed by atoms with E-state index >= 15 is 0 Å². The smallest absolute Gasteiger partial charge is 0.147 e. The molecule has 0 saturated heterocycles. The lowest BCUT2D eigenvalue weighted by molar-refractivity contribution is 0.427. The first kappa shape index (κ1) is 13.0. The Labute approximate surface area is 93.6 Å². The molecule has 0 aromatic carbocycles. The summed E-state index contributed by atoms with van der Waals surface area (Å²) in [5.41, 5.74) is 0. The average Bonchev–Trinajstić information content (AvgIpc) is 2.92. The zero-order chi connectivity index (χ0) is 11.3. The van der Waals surface area contributed by atoms with Crippen LogP contribution in [-0.4, -0.2) is 33.0 Å². The minimum Gasteiger partial charge on any atom is -0.314 e. The van der Waals surface area contributed by atoms with Crippen LogP contribution in [0.3, 0.4) is 0 Å².